The van der Waals surface area contributed by atoms with Crippen LogP contribution in [0.5, 0.6) is 0 Å². The van der Waals surface area contributed by atoms with Gasteiger partial charge >= 0.3 is 5.97 Å². The highest BCUT2D eigenvalue weighted by Gasteiger charge is 2.49. The topological polar surface area (TPSA) is 155 Å². The van der Waals surface area contributed by atoms with Gasteiger partial charge in [0.15, 0.2) is 6.29 Å². The van der Waals surface area contributed by atoms with Gasteiger partial charge < -0.3 is 44.5 Å². The van der Waals surface area contributed by atoms with Crippen molar-refractivity contribution in [2.24, 2.45) is 11.8 Å². The van der Waals surface area contributed by atoms with Crippen LogP contribution in [0.1, 0.15) is 5.56 Å². The molecule has 184 valence electrons. The van der Waals surface area contributed by atoms with E-state index in [1.807, 2.05) is 30.3 Å². The van der Waals surface area contributed by atoms with Crippen molar-refractivity contribution in [3.8, 4) is 0 Å². The molecule has 4 rings (SSSR count). The van der Waals surface area contributed by atoms with Crippen molar-refractivity contribution in [2.45, 2.75) is 43.1 Å². The van der Waals surface area contributed by atoms with Crippen LogP contribution in [-0.4, -0.2) is 87.8 Å². The summed E-state index contributed by atoms with van der Waals surface area (Å²) < 4.78 is 22.1. The molecule has 0 bridgehead atoms. The van der Waals surface area contributed by atoms with Gasteiger partial charge in [-0.2, -0.15) is 0 Å². The van der Waals surface area contributed by atoms with E-state index in [0.29, 0.717) is 5.57 Å². The van der Waals surface area contributed by atoms with Crippen LogP contribution >= 0.6 is 0 Å². The van der Waals surface area contributed by atoms with Crippen LogP contribution in [0.2, 0.25) is 0 Å². The lowest BCUT2D eigenvalue weighted by Gasteiger charge is -2.42. The van der Waals surface area contributed by atoms with Crippen LogP contribution in [0.3, 0.4) is 0 Å². The Morgan fingerprint density at radius 1 is 1.03 bits per heavy atom. The summed E-state index contributed by atoms with van der Waals surface area (Å²) in [6.07, 6.45) is -1.72. The number of esters is 1. The van der Waals surface area contributed by atoms with Crippen molar-refractivity contribution < 1.29 is 49.3 Å². The predicted octanol–water partition coefficient (Wildman–Crippen LogP) is -0.537. The second-order valence-electron chi connectivity index (χ2n) is 8.35. The first-order chi connectivity index (χ1) is 16.4. The van der Waals surface area contributed by atoms with Gasteiger partial charge in [-0.15, -0.1) is 0 Å². The largest absolute Gasteiger partial charge is 0.472 e. The molecule has 0 unspecified atom stereocenters. The summed E-state index contributed by atoms with van der Waals surface area (Å²) in [7, 11) is 0. The van der Waals surface area contributed by atoms with Gasteiger partial charge in [-0.05, 0) is 23.3 Å². The lowest BCUT2D eigenvalue weighted by molar-refractivity contribution is -0.339. The van der Waals surface area contributed by atoms with Gasteiger partial charge in [0.25, 0.3) is 0 Å². The highest BCUT2D eigenvalue weighted by atomic mass is 16.8. The lowest BCUT2D eigenvalue weighted by atomic mass is 9.88. The Balaban J connectivity index is 1.41. The molecular weight excluding hydrogens is 448 g/mol. The van der Waals surface area contributed by atoms with E-state index in [1.165, 1.54) is 12.3 Å². The number of fused-ring (bicyclic) bond motifs is 1. The zero-order valence-electron chi connectivity index (χ0n) is 18.2. The highest BCUT2D eigenvalue weighted by Crippen LogP contribution is 2.41. The fourth-order valence-electron chi connectivity index (χ4n) is 4.29. The molecule has 9 atom stereocenters. The first-order valence-corrected chi connectivity index (χ1v) is 11.0. The maximum absolute atomic E-state index is 12.2. The van der Waals surface area contributed by atoms with Crippen molar-refractivity contribution >= 4 is 12.0 Å². The van der Waals surface area contributed by atoms with E-state index in [1.54, 1.807) is 18.2 Å². The van der Waals surface area contributed by atoms with Crippen LogP contribution in [0, 0.1) is 11.8 Å². The van der Waals surface area contributed by atoms with Crippen molar-refractivity contribution in [1.29, 1.82) is 0 Å². The quantitative estimate of drug-likeness (QED) is 0.197. The number of carbonyl (C=O) groups excluding carboxylic acids is 1. The number of aliphatic hydroxyl groups excluding tert-OH is 5. The van der Waals surface area contributed by atoms with E-state index < -0.39 is 67.5 Å². The summed E-state index contributed by atoms with van der Waals surface area (Å²) in [6, 6.07) is 9.26. The van der Waals surface area contributed by atoms with Crippen molar-refractivity contribution in [3.63, 3.8) is 0 Å². The first-order valence-electron chi connectivity index (χ1n) is 11.0. The van der Waals surface area contributed by atoms with E-state index >= 15 is 0 Å². The Morgan fingerprint density at radius 3 is 2.53 bits per heavy atom. The minimum Gasteiger partial charge on any atom is -0.472 e. The maximum Gasteiger partial charge on any atom is 0.331 e. The summed E-state index contributed by atoms with van der Waals surface area (Å²) in [4.78, 5) is 12.2. The molecule has 0 spiro atoms. The number of rotatable bonds is 7. The molecule has 0 aromatic heterocycles. The average Bonchev–Trinajstić information content (AvgIpc) is 3.18. The highest BCUT2D eigenvalue weighted by molar-refractivity contribution is 5.87. The molecule has 1 aromatic rings. The summed E-state index contributed by atoms with van der Waals surface area (Å²) in [5.74, 6) is -1.57. The Bertz CT molecular complexity index is 927. The van der Waals surface area contributed by atoms with Gasteiger partial charge in [-0.1, -0.05) is 36.4 Å². The average molecular weight is 476 g/mol. The molecule has 0 amide bonds. The third-order valence-corrected chi connectivity index (χ3v) is 6.14. The summed E-state index contributed by atoms with van der Waals surface area (Å²) >= 11 is 0. The number of hydrogen-bond donors (Lipinski definition) is 5. The molecule has 1 saturated heterocycles. The lowest BCUT2D eigenvalue weighted by Crippen LogP contribution is -2.60. The molecule has 0 saturated carbocycles. The van der Waals surface area contributed by atoms with Crippen LogP contribution in [-0.2, 0) is 23.7 Å². The molecule has 34 heavy (non-hydrogen) atoms. The second kappa shape index (κ2) is 10.8. The number of hydrogen-bond acceptors (Lipinski definition) is 10. The molecule has 5 N–H and O–H groups in total. The summed E-state index contributed by atoms with van der Waals surface area (Å²) in [5, 5.41) is 50.1. The standard InChI is InChI=1S/C24H28O10/c25-11-17-20(28)21(29)22(30)24(33-17)34-23-19-14(10-16(26)15(19)8-9-31-23)12-32-18(27)7-6-13-4-2-1-3-5-13/h1-10,15-17,19-26,28-30H,11-12H2/b7-6-/t15-,16+,17+,19-,20-,21-,22-,23+,24-/m1/s1. The monoisotopic (exact) mass is 476 g/mol. The molecular formula is C24H28O10. The van der Waals surface area contributed by atoms with Gasteiger partial charge in [-0.3, -0.25) is 0 Å². The minimum atomic E-state index is -1.61. The van der Waals surface area contributed by atoms with E-state index in [9.17, 15) is 30.3 Å². The van der Waals surface area contributed by atoms with Crippen LogP contribution in [0.15, 0.2) is 60.4 Å². The summed E-state index contributed by atoms with van der Waals surface area (Å²) in [6.45, 7) is -0.722. The van der Waals surface area contributed by atoms with E-state index in [0.717, 1.165) is 5.56 Å². The van der Waals surface area contributed by atoms with Gasteiger partial charge in [-0.25, -0.2) is 4.79 Å². The van der Waals surface area contributed by atoms with E-state index in [2.05, 4.69) is 0 Å². The van der Waals surface area contributed by atoms with Gasteiger partial charge in [0.2, 0.25) is 6.29 Å². The Labute approximate surface area is 196 Å². The number of benzene rings is 1. The third kappa shape index (κ3) is 5.23. The van der Waals surface area contributed by atoms with E-state index in [4.69, 9.17) is 18.9 Å². The molecule has 2 heterocycles. The Morgan fingerprint density at radius 2 is 1.79 bits per heavy atom. The molecule has 2 aliphatic heterocycles. The fraction of sp³-hybridized carbons (Fsp3) is 0.458. The molecule has 3 aliphatic rings. The van der Waals surface area contributed by atoms with E-state index in [-0.39, 0.29) is 6.61 Å². The normalized spacial score (nSPS) is 37.2. The third-order valence-electron chi connectivity index (χ3n) is 6.14. The molecule has 10 heteroatoms. The number of carbonyl (C=O) groups is 1. The zero-order chi connectivity index (χ0) is 24.2. The number of ether oxygens (including phenoxy) is 4. The van der Waals surface area contributed by atoms with Gasteiger partial charge in [0.05, 0.1) is 24.9 Å². The van der Waals surface area contributed by atoms with Crippen LogP contribution in [0.25, 0.3) is 6.08 Å². The molecule has 1 aromatic carbocycles. The zero-order valence-corrected chi connectivity index (χ0v) is 18.2. The molecule has 1 fully saturated rings. The Hall–Kier alpha value is -2.57. The molecule has 10 nitrogen and oxygen atoms in total. The first kappa shape index (κ1) is 24.6. The maximum atomic E-state index is 12.2. The Kier molecular flexibility index (Phi) is 7.79. The van der Waals surface area contributed by atoms with Gasteiger partial charge in [0, 0.05) is 12.0 Å². The molecule has 0 radical (unpaired) electrons. The minimum absolute atomic E-state index is 0.123. The predicted molar refractivity (Wildman–Crippen MR) is 116 cm³/mol. The number of aliphatic hydroxyl groups is 5. The van der Waals surface area contributed by atoms with Gasteiger partial charge in [0.1, 0.15) is 31.0 Å². The van der Waals surface area contributed by atoms with Crippen molar-refractivity contribution in [1.82, 2.24) is 0 Å². The van der Waals surface area contributed by atoms with Crippen molar-refractivity contribution in [2.75, 3.05) is 13.2 Å². The molecule has 1 aliphatic carbocycles. The van der Waals surface area contributed by atoms with Crippen molar-refractivity contribution in [3.05, 3.63) is 66.0 Å². The SMILES string of the molecule is O=C(/C=C\c1ccccc1)OCC1=C[C@H](O)[C@H]2C=CO[C@@H](O[C@H]3O[C@@H](CO)[C@@H](O)[C@@H](O)[C@H]3O)[C@H]12. The second-order valence-corrected chi connectivity index (χ2v) is 8.35. The summed E-state index contributed by atoms with van der Waals surface area (Å²) in [5.41, 5.74) is 1.40. The fourth-order valence-corrected chi connectivity index (χ4v) is 4.29. The van der Waals surface area contributed by atoms with Crippen LogP contribution in [0.4, 0.5) is 0 Å². The van der Waals surface area contributed by atoms with Crippen LogP contribution < -0.4 is 0 Å². The smallest absolute Gasteiger partial charge is 0.331 e.